The summed E-state index contributed by atoms with van der Waals surface area (Å²) < 4.78 is 0. The van der Waals surface area contributed by atoms with Gasteiger partial charge in [-0.2, -0.15) is 10.2 Å². The normalized spacial score (nSPS) is 12.2. The lowest BCUT2D eigenvalue weighted by molar-refractivity contribution is 0.191. The van der Waals surface area contributed by atoms with Gasteiger partial charge in [0.05, 0.1) is 23.5 Å². The molecule has 0 amide bonds. The zero-order valence-corrected chi connectivity index (χ0v) is 11.4. The number of rotatable bonds is 4. The number of nitrogens with two attached hydrogens (primary N) is 1. The van der Waals surface area contributed by atoms with Crippen molar-refractivity contribution in [3.63, 3.8) is 0 Å². The van der Waals surface area contributed by atoms with Crippen molar-refractivity contribution in [1.82, 2.24) is 10.2 Å². The zero-order chi connectivity index (χ0) is 14.7. The summed E-state index contributed by atoms with van der Waals surface area (Å²) in [6.45, 7) is 0.388. The van der Waals surface area contributed by atoms with Crippen LogP contribution >= 0.6 is 0 Å². The summed E-state index contributed by atoms with van der Waals surface area (Å²) in [4.78, 5) is 0. The number of nitrogens with zero attached hydrogens (tertiary/aromatic N) is 2. The van der Waals surface area contributed by atoms with Gasteiger partial charge in [0.25, 0.3) is 0 Å². The molecule has 0 aliphatic heterocycles. The highest BCUT2D eigenvalue weighted by atomic mass is 16.3. The minimum atomic E-state index is -0.613. The monoisotopic (exact) mass is 280 g/mol. The van der Waals surface area contributed by atoms with Gasteiger partial charge < -0.3 is 16.2 Å². The van der Waals surface area contributed by atoms with Crippen LogP contribution in [0.4, 0.5) is 11.4 Å². The molecule has 2 aromatic carbocycles. The molecular weight excluding hydrogens is 264 g/mol. The number of hydrogen-bond acceptors (Lipinski definition) is 5. The maximum absolute atomic E-state index is 10.2. The lowest BCUT2D eigenvalue weighted by atomic mass is 10.1. The van der Waals surface area contributed by atoms with E-state index in [9.17, 15) is 5.11 Å². The van der Waals surface area contributed by atoms with E-state index in [1.165, 1.54) is 0 Å². The van der Waals surface area contributed by atoms with Crippen molar-refractivity contribution in [3.8, 4) is 0 Å². The van der Waals surface area contributed by atoms with Gasteiger partial charge >= 0.3 is 0 Å². The number of nitrogen functional groups attached to an aromatic ring is 1. The minimum absolute atomic E-state index is 0.388. The summed E-state index contributed by atoms with van der Waals surface area (Å²) >= 11 is 0. The molecule has 0 bridgehead atoms. The number of aromatic nitrogens is 2. The molecular formula is C16H16N4O. The first-order valence-electron chi connectivity index (χ1n) is 6.72. The smallest absolute Gasteiger partial charge is 0.0962 e. The van der Waals surface area contributed by atoms with Crippen LogP contribution < -0.4 is 11.1 Å². The van der Waals surface area contributed by atoms with Crippen molar-refractivity contribution in [3.05, 3.63) is 60.3 Å². The number of benzene rings is 2. The molecule has 1 heterocycles. The first kappa shape index (κ1) is 13.3. The molecule has 0 saturated heterocycles. The van der Waals surface area contributed by atoms with E-state index in [2.05, 4.69) is 15.5 Å². The SMILES string of the molecule is Nc1ccc(C(O)CNc2cnnc3ccccc23)cc1. The lowest BCUT2D eigenvalue weighted by Gasteiger charge is -2.14. The Kier molecular flexibility index (Phi) is 3.66. The highest BCUT2D eigenvalue weighted by molar-refractivity contribution is 5.90. The van der Waals surface area contributed by atoms with Gasteiger partial charge in [-0.3, -0.25) is 0 Å². The Hall–Kier alpha value is -2.66. The van der Waals surface area contributed by atoms with Crippen molar-refractivity contribution in [2.75, 3.05) is 17.6 Å². The van der Waals surface area contributed by atoms with Gasteiger partial charge in [-0.05, 0) is 23.8 Å². The molecule has 1 atom stereocenters. The summed E-state index contributed by atoms with van der Waals surface area (Å²) in [7, 11) is 0. The number of hydrogen-bond donors (Lipinski definition) is 3. The first-order chi connectivity index (χ1) is 10.2. The summed E-state index contributed by atoms with van der Waals surface area (Å²) in [6.07, 6.45) is 1.05. The van der Waals surface area contributed by atoms with E-state index in [-0.39, 0.29) is 0 Å². The zero-order valence-electron chi connectivity index (χ0n) is 11.4. The van der Waals surface area contributed by atoms with Gasteiger partial charge in [0.2, 0.25) is 0 Å². The molecule has 0 aliphatic rings. The van der Waals surface area contributed by atoms with Gasteiger partial charge in [-0.15, -0.1) is 0 Å². The van der Waals surface area contributed by atoms with Gasteiger partial charge in [0.1, 0.15) is 0 Å². The van der Waals surface area contributed by atoms with Crippen LogP contribution in [0, 0.1) is 0 Å². The van der Waals surface area contributed by atoms with Crippen molar-refractivity contribution < 1.29 is 5.11 Å². The summed E-state index contributed by atoms with van der Waals surface area (Å²) in [5.41, 5.74) is 8.83. The number of aliphatic hydroxyl groups excluding tert-OH is 1. The highest BCUT2D eigenvalue weighted by Gasteiger charge is 2.08. The molecule has 1 aromatic heterocycles. The first-order valence-corrected chi connectivity index (χ1v) is 6.72. The maximum Gasteiger partial charge on any atom is 0.0962 e. The van der Waals surface area contributed by atoms with E-state index >= 15 is 0 Å². The number of aliphatic hydroxyl groups is 1. The van der Waals surface area contributed by atoms with Crippen LogP contribution in [0.25, 0.3) is 10.9 Å². The van der Waals surface area contributed by atoms with Crippen molar-refractivity contribution in [2.24, 2.45) is 0 Å². The molecule has 1 unspecified atom stereocenters. The quantitative estimate of drug-likeness (QED) is 0.639. The molecule has 106 valence electrons. The second-order valence-electron chi connectivity index (χ2n) is 4.84. The van der Waals surface area contributed by atoms with E-state index < -0.39 is 6.10 Å². The Bertz CT molecular complexity index is 737. The van der Waals surface area contributed by atoms with E-state index in [1.54, 1.807) is 18.3 Å². The maximum atomic E-state index is 10.2. The van der Waals surface area contributed by atoms with Crippen LogP contribution in [-0.2, 0) is 0 Å². The van der Waals surface area contributed by atoms with Crippen LogP contribution in [-0.4, -0.2) is 21.8 Å². The summed E-state index contributed by atoms with van der Waals surface area (Å²) in [5, 5.41) is 22.4. The second-order valence-corrected chi connectivity index (χ2v) is 4.84. The molecule has 3 rings (SSSR count). The van der Waals surface area contributed by atoms with Crippen molar-refractivity contribution in [2.45, 2.75) is 6.10 Å². The van der Waals surface area contributed by atoms with Crippen LogP contribution in [0.5, 0.6) is 0 Å². The van der Waals surface area contributed by atoms with Crippen molar-refractivity contribution in [1.29, 1.82) is 0 Å². The lowest BCUT2D eigenvalue weighted by Crippen LogP contribution is -2.12. The van der Waals surface area contributed by atoms with Crippen LogP contribution in [0.2, 0.25) is 0 Å². The Balaban J connectivity index is 1.76. The van der Waals surface area contributed by atoms with E-state index in [0.717, 1.165) is 22.2 Å². The van der Waals surface area contributed by atoms with Gasteiger partial charge in [0.15, 0.2) is 0 Å². The fourth-order valence-corrected chi connectivity index (χ4v) is 2.19. The van der Waals surface area contributed by atoms with Gasteiger partial charge in [0, 0.05) is 17.6 Å². The largest absolute Gasteiger partial charge is 0.399 e. The molecule has 21 heavy (non-hydrogen) atoms. The molecule has 0 aliphatic carbocycles. The van der Waals surface area contributed by atoms with E-state index in [0.29, 0.717) is 12.2 Å². The average Bonchev–Trinajstić information content (AvgIpc) is 2.53. The fourth-order valence-electron chi connectivity index (χ4n) is 2.19. The number of nitrogens with one attached hydrogen (secondary N) is 1. The van der Waals surface area contributed by atoms with Crippen molar-refractivity contribution >= 4 is 22.3 Å². The average molecular weight is 280 g/mol. The third-order valence-electron chi connectivity index (χ3n) is 3.35. The predicted molar refractivity (Wildman–Crippen MR) is 83.8 cm³/mol. The van der Waals surface area contributed by atoms with Gasteiger partial charge in [-0.1, -0.05) is 30.3 Å². The predicted octanol–water partition coefficient (Wildman–Crippen LogP) is 2.36. The third-order valence-corrected chi connectivity index (χ3v) is 3.35. The van der Waals surface area contributed by atoms with Crippen LogP contribution in [0.3, 0.4) is 0 Å². The standard InChI is InChI=1S/C16H16N4O/c17-12-7-5-11(6-8-12)16(21)10-18-15-9-19-20-14-4-2-1-3-13(14)15/h1-9,16,21H,10,17H2,(H,18,20). The molecule has 0 saturated carbocycles. The summed E-state index contributed by atoms with van der Waals surface area (Å²) in [5.74, 6) is 0. The Labute approximate surface area is 122 Å². The minimum Gasteiger partial charge on any atom is -0.399 e. The Morgan fingerprint density at radius 3 is 2.67 bits per heavy atom. The van der Waals surface area contributed by atoms with Crippen LogP contribution in [0.15, 0.2) is 54.7 Å². The molecule has 4 N–H and O–H groups in total. The molecule has 0 spiro atoms. The fraction of sp³-hybridized carbons (Fsp3) is 0.125. The molecule has 3 aromatic rings. The Morgan fingerprint density at radius 2 is 1.86 bits per heavy atom. The van der Waals surface area contributed by atoms with E-state index in [4.69, 9.17) is 5.73 Å². The van der Waals surface area contributed by atoms with E-state index in [1.807, 2.05) is 36.4 Å². The summed E-state index contributed by atoms with van der Waals surface area (Å²) in [6, 6.07) is 15.0. The molecule has 5 heteroatoms. The second kappa shape index (κ2) is 5.76. The number of anilines is 2. The molecule has 0 fully saturated rings. The number of fused-ring (bicyclic) bond motifs is 1. The molecule has 0 radical (unpaired) electrons. The van der Waals surface area contributed by atoms with Gasteiger partial charge in [-0.25, -0.2) is 0 Å². The third kappa shape index (κ3) is 2.93. The van der Waals surface area contributed by atoms with Crippen LogP contribution in [0.1, 0.15) is 11.7 Å². The highest BCUT2D eigenvalue weighted by Crippen LogP contribution is 2.21. The Morgan fingerprint density at radius 1 is 1.10 bits per heavy atom. The molecule has 5 nitrogen and oxygen atoms in total. The topological polar surface area (TPSA) is 84.1 Å².